The summed E-state index contributed by atoms with van der Waals surface area (Å²) in [6, 6.07) is 14.4. The SMILES string of the molecule is Cc1cc(C)c(CNC(=O)c2c(C)n(CC3CCN(c4ccc(CN5CCOCC5)cn4)CC3)c3ccccc23)c(=O)[nH]1. The fourth-order valence-corrected chi connectivity index (χ4v) is 6.63. The van der Waals surface area contributed by atoms with Crippen LogP contribution in [0.2, 0.25) is 0 Å². The van der Waals surface area contributed by atoms with E-state index >= 15 is 0 Å². The smallest absolute Gasteiger partial charge is 0.254 e. The second-order valence-electron chi connectivity index (χ2n) is 12.1. The topological polar surface area (TPSA) is 95.5 Å². The van der Waals surface area contributed by atoms with Crippen LogP contribution in [-0.2, 0) is 24.4 Å². The van der Waals surface area contributed by atoms with Gasteiger partial charge in [0.25, 0.3) is 11.5 Å². The quantitative estimate of drug-likeness (QED) is 0.321. The summed E-state index contributed by atoms with van der Waals surface area (Å²) < 4.78 is 7.78. The van der Waals surface area contributed by atoms with Crippen LogP contribution in [0.3, 0.4) is 0 Å². The van der Waals surface area contributed by atoms with Crippen molar-refractivity contribution in [2.24, 2.45) is 5.92 Å². The third kappa shape index (κ3) is 6.38. The number of benzene rings is 1. The third-order valence-electron chi connectivity index (χ3n) is 9.08. The Morgan fingerprint density at radius 1 is 1.05 bits per heavy atom. The van der Waals surface area contributed by atoms with Crippen LogP contribution in [0.5, 0.6) is 0 Å². The van der Waals surface area contributed by atoms with Gasteiger partial charge in [0.05, 0.1) is 18.8 Å². The van der Waals surface area contributed by atoms with E-state index in [0.29, 0.717) is 17.0 Å². The summed E-state index contributed by atoms with van der Waals surface area (Å²) in [4.78, 5) is 38.5. The molecule has 1 amide bonds. The van der Waals surface area contributed by atoms with E-state index in [-0.39, 0.29) is 18.0 Å². The minimum Gasteiger partial charge on any atom is -0.379 e. The van der Waals surface area contributed by atoms with Crippen molar-refractivity contribution in [3.8, 4) is 0 Å². The molecule has 2 saturated heterocycles. The number of anilines is 1. The molecule has 3 aromatic heterocycles. The molecule has 2 N–H and O–H groups in total. The van der Waals surface area contributed by atoms with Gasteiger partial charge in [-0.25, -0.2) is 4.98 Å². The largest absolute Gasteiger partial charge is 0.379 e. The number of morpholine rings is 1. The van der Waals surface area contributed by atoms with Crippen LogP contribution < -0.4 is 15.8 Å². The zero-order valence-electron chi connectivity index (χ0n) is 25.5. The molecule has 1 aromatic carbocycles. The number of H-pyrrole nitrogens is 1. The van der Waals surface area contributed by atoms with E-state index < -0.39 is 0 Å². The second kappa shape index (κ2) is 12.7. The number of piperidine rings is 1. The van der Waals surface area contributed by atoms with Gasteiger partial charge in [-0.05, 0) is 68.9 Å². The van der Waals surface area contributed by atoms with Gasteiger partial charge >= 0.3 is 0 Å². The fourth-order valence-electron chi connectivity index (χ4n) is 6.63. The number of pyridine rings is 2. The molecule has 2 aliphatic heterocycles. The number of nitrogens with one attached hydrogen (secondary N) is 2. The number of carbonyl (C=O) groups is 1. The average molecular weight is 583 g/mol. The highest BCUT2D eigenvalue weighted by Crippen LogP contribution is 2.30. The molecule has 0 bridgehead atoms. The van der Waals surface area contributed by atoms with Crippen LogP contribution in [0.15, 0.2) is 53.5 Å². The van der Waals surface area contributed by atoms with Gasteiger partial charge < -0.3 is 24.5 Å². The monoisotopic (exact) mass is 582 g/mol. The van der Waals surface area contributed by atoms with E-state index in [0.717, 1.165) is 99.0 Å². The van der Waals surface area contributed by atoms with E-state index in [1.165, 1.54) is 5.56 Å². The van der Waals surface area contributed by atoms with Crippen LogP contribution >= 0.6 is 0 Å². The number of para-hydroxylation sites is 1. The predicted molar refractivity (Wildman–Crippen MR) is 170 cm³/mol. The van der Waals surface area contributed by atoms with E-state index in [4.69, 9.17) is 9.72 Å². The number of hydrogen-bond donors (Lipinski definition) is 2. The minimum absolute atomic E-state index is 0.148. The van der Waals surface area contributed by atoms with Gasteiger partial charge in [0.1, 0.15) is 5.82 Å². The molecule has 2 aliphatic rings. The zero-order valence-corrected chi connectivity index (χ0v) is 25.5. The van der Waals surface area contributed by atoms with E-state index in [1.54, 1.807) is 0 Å². The molecule has 0 radical (unpaired) electrons. The van der Waals surface area contributed by atoms with Crippen molar-refractivity contribution in [2.75, 3.05) is 44.3 Å². The predicted octanol–water partition coefficient (Wildman–Crippen LogP) is 4.33. The van der Waals surface area contributed by atoms with Crippen LogP contribution in [0, 0.1) is 26.7 Å². The number of ether oxygens (including phenoxy) is 1. The molecular weight excluding hydrogens is 540 g/mol. The normalized spacial score (nSPS) is 16.6. The Morgan fingerprint density at radius 3 is 2.53 bits per heavy atom. The minimum atomic E-state index is -0.151. The Kier molecular flexibility index (Phi) is 8.63. The molecule has 4 aromatic rings. The van der Waals surface area contributed by atoms with Crippen molar-refractivity contribution >= 4 is 22.6 Å². The fraction of sp³-hybridized carbons (Fsp3) is 0.441. The Hall–Kier alpha value is -3.95. The summed E-state index contributed by atoms with van der Waals surface area (Å²) in [7, 11) is 0. The Balaban J connectivity index is 1.10. The van der Waals surface area contributed by atoms with Gasteiger partial charge in [0.2, 0.25) is 0 Å². The summed E-state index contributed by atoms with van der Waals surface area (Å²) in [6.45, 7) is 13.3. The molecule has 0 saturated carbocycles. The maximum Gasteiger partial charge on any atom is 0.254 e. The zero-order chi connectivity index (χ0) is 29.9. The van der Waals surface area contributed by atoms with Crippen molar-refractivity contribution in [3.05, 3.63) is 92.7 Å². The van der Waals surface area contributed by atoms with Gasteiger partial charge in [-0.3, -0.25) is 14.5 Å². The first-order valence-corrected chi connectivity index (χ1v) is 15.4. The molecule has 9 nitrogen and oxygen atoms in total. The van der Waals surface area contributed by atoms with Gasteiger partial charge in [-0.1, -0.05) is 24.3 Å². The molecule has 2 fully saturated rings. The first kappa shape index (κ1) is 29.1. The van der Waals surface area contributed by atoms with E-state index in [9.17, 15) is 9.59 Å². The third-order valence-corrected chi connectivity index (χ3v) is 9.08. The molecule has 0 spiro atoms. The number of aromatic nitrogens is 3. The molecule has 5 heterocycles. The molecule has 0 unspecified atom stereocenters. The number of nitrogens with zero attached hydrogens (tertiary/aromatic N) is 4. The molecule has 226 valence electrons. The standard InChI is InChI=1S/C34H42N6O3/c1-23-18-24(2)37-33(41)29(23)20-36-34(42)32-25(3)40(30-7-5-4-6-28(30)32)22-26-10-12-39(13-11-26)31-9-8-27(19-35-31)21-38-14-16-43-17-15-38/h4-9,18-19,26H,10-17,20-22H2,1-3H3,(H,36,42)(H,37,41). The first-order chi connectivity index (χ1) is 20.9. The summed E-state index contributed by atoms with van der Waals surface area (Å²) in [6.07, 6.45) is 4.16. The molecule has 0 aliphatic carbocycles. The highest BCUT2D eigenvalue weighted by molar-refractivity contribution is 6.08. The van der Waals surface area contributed by atoms with Crippen LogP contribution in [0.1, 0.15) is 51.3 Å². The van der Waals surface area contributed by atoms with Crippen molar-refractivity contribution < 1.29 is 9.53 Å². The molecule has 6 rings (SSSR count). The van der Waals surface area contributed by atoms with Gasteiger partial charge in [-0.2, -0.15) is 0 Å². The highest BCUT2D eigenvalue weighted by atomic mass is 16.5. The Labute approximate surface area is 252 Å². The lowest BCUT2D eigenvalue weighted by molar-refractivity contribution is 0.0341. The van der Waals surface area contributed by atoms with Gasteiger partial charge in [0, 0.05) is 79.9 Å². The number of rotatable bonds is 8. The average Bonchev–Trinajstić information content (AvgIpc) is 3.28. The second-order valence-corrected chi connectivity index (χ2v) is 12.1. The maximum absolute atomic E-state index is 13.5. The summed E-state index contributed by atoms with van der Waals surface area (Å²) in [5.74, 6) is 1.41. The molecule has 0 atom stereocenters. The Morgan fingerprint density at radius 2 is 1.81 bits per heavy atom. The number of amides is 1. The van der Waals surface area contributed by atoms with Crippen molar-refractivity contribution in [1.82, 2.24) is 24.8 Å². The number of aromatic amines is 1. The number of carbonyl (C=O) groups excluding carboxylic acids is 1. The van der Waals surface area contributed by atoms with Crippen LogP contribution in [0.4, 0.5) is 5.82 Å². The highest BCUT2D eigenvalue weighted by Gasteiger charge is 2.25. The van der Waals surface area contributed by atoms with Crippen molar-refractivity contribution in [3.63, 3.8) is 0 Å². The van der Waals surface area contributed by atoms with Crippen molar-refractivity contribution in [2.45, 2.75) is 53.2 Å². The van der Waals surface area contributed by atoms with Crippen LogP contribution in [-0.4, -0.2) is 64.7 Å². The van der Waals surface area contributed by atoms with Gasteiger partial charge in [-0.15, -0.1) is 0 Å². The lowest BCUT2D eigenvalue weighted by Gasteiger charge is -2.33. The van der Waals surface area contributed by atoms with E-state index in [1.807, 2.05) is 51.2 Å². The Bertz CT molecular complexity index is 1640. The number of aryl methyl sites for hydroxylation is 2. The maximum atomic E-state index is 13.5. The summed E-state index contributed by atoms with van der Waals surface area (Å²) in [5, 5.41) is 3.97. The van der Waals surface area contributed by atoms with E-state index in [2.05, 4.69) is 42.9 Å². The lowest BCUT2D eigenvalue weighted by Crippen LogP contribution is -2.36. The molecule has 9 heteroatoms. The molecule has 43 heavy (non-hydrogen) atoms. The lowest BCUT2D eigenvalue weighted by atomic mass is 9.96. The van der Waals surface area contributed by atoms with Crippen LogP contribution in [0.25, 0.3) is 10.9 Å². The number of hydrogen-bond acceptors (Lipinski definition) is 6. The van der Waals surface area contributed by atoms with Gasteiger partial charge in [0.15, 0.2) is 0 Å². The summed E-state index contributed by atoms with van der Waals surface area (Å²) in [5.41, 5.74) is 6.12. The molecular formula is C34H42N6O3. The van der Waals surface area contributed by atoms with Crippen molar-refractivity contribution in [1.29, 1.82) is 0 Å². The first-order valence-electron chi connectivity index (χ1n) is 15.4. The number of fused-ring (bicyclic) bond motifs is 1. The summed E-state index contributed by atoms with van der Waals surface area (Å²) >= 11 is 0.